The van der Waals surface area contributed by atoms with E-state index in [2.05, 4.69) is 5.32 Å². The van der Waals surface area contributed by atoms with E-state index < -0.39 is 192 Å². The van der Waals surface area contributed by atoms with E-state index in [-0.39, 0.29) is 6.61 Å². The van der Waals surface area contributed by atoms with E-state index in [9.17, 15) is 81.4 Å². The summed E-state index contributed by atoms with van der Waals surface area (Å²) < 4.78 is 56.9. The number of hydrogen-bond donors (Lipinski definition) is 17. The van der Waals surface area contributed by atoms with Crippen molar-refractivity contribution in [2.24, 2.45) is 5.73 Å². The number of carbonyl (C=O) groups is 1. The Balaban J connectivity index is 1.31. The summed E-state index contributed by atoms with van der Waals surface area (Å²) in [6.07, 6.45) is -41.2. The number of nitrogens with one attached hydrogen (secondary N) is 1. The third kappa shape index (κ3) is 12.4. The van der Waals surface area contributed by atoms with Crippen LogP contribution in [0.1, 0.15) is 26.2 Å². The zero-order valence-corrected chi connectivity index (χ0v) is 35.3. The van der Waals surface area contributed by atoms with Gasteiger partial charge in [-0.1, -0.05) is 0 Å². The molecule has 5 rings (SSSR count). The van der Waals surface area contributed by atoms with Gasteiger partial charge >= 0.3 is 0 Å². The smallest absolute Gasteiger partial charge is 0.217 e. The number of ether oxygens (including phenoxy) is 10. The van der Waals surface area contributed by atoms with Gasteiger partial charge in [-0.05, 0) is 25.8 Å². The lowest BCUT2D eigenvalue weighted by Crippen LogP contribution is -2.70. The Labute approximate surface area is 371 Å². The van der Waals surface area contributed by atoms with Crippen molar-refractivity contribution in [1.82, 2.24) is 5.32 Å². The highest BCUT2D eigenvalue weighted by atomic mass is 16.8. The number of rotatable bonds is 20. The van der Waals surface area contributed by atoms with Crippen LogP contribution in [0.5, 0.6) is 0 Å². The average Bonchev–Trinajstić information content (AvgIpc) is 3.29. The molecule has 28 nitrogen and oxygen atoms in total. The fourth-order valence-electron chi connectivity index (χ4n) is 8.17. The number of carbonyl (C=O) groups excluding carboxylic acids is 1. The molecule has 5 fully saturated rings. The van der Waals surface area contributed by atoms with Crippen molar-refractivity contribution in [3.8, 4) is 0 Å². The van der Waals surface area contributed by atoms with Crippen molar-refractivity contribution < 1.29 is 129 Å². The molecule has 0 aromatic heterocycles. The number of hydrogen-bond acceptors (Lipinski definition) is 27. The number of amides is 1. The minimum Gasteiger partial charge on any atom is -0.394 e. The van der Waals surface area contributed by atoms with E-state index in [4.69, 9.17) is 53.1 Å². The van der Waals surface area contributed by atoms with E-state index in [1.165, 1.54) is 0 Å². The normalized spacial score (nSPS) is 47.4. The molecule has 28 heteroatoms. The lowest BCUT2D eigenvalue weighted by atomic mass is 9.94. The maximum Gasteiger partial charge on any atom is 0.217 e. The van der Waals surface area contributed by atoms with Gasteiger partial charge in [-0.2, -0.15) is 0 Å². The van der Waals surface area contributed by atoms with Crippen LogP contribution in [0.3, 0.4) is 0 Å². The molecule has 380 valence electrons. The SMILES string of the molecule is CC(=O)NC1[C@H](O[C@@H]2C(O)[C@H](O[C@H]3C(CO)O[C@@H](O[C@H]4C(CO)O[C@@H](OCCCCCN)C(O)[C@H]4O)C(O)[C@H]3O)OC(CO)[C@@H]2O)OC(CO)[C@H](O)[C@@H]1O[C@@H]1OC(CO)[C@H](O)[C@H](O)C1O. The average molecular weight is 955 g/mol. The van der Waals surface area contributed by atoms with Crippen LogP contribution in [0.25, 0.3) is 0 Å². The minimum absolute atomic E-state index is 0.128. The first-order valence-electron chi connectivity index (χ1n) is 21.3. The molecule has 0 aromatic carbocycles. The third-order valence-electron chi connectivity index (χ3n) is 11.8. The van der Waals surface area contributed by atoms with Crippen molar-refractivity contribution in [3.63, 3.8) is 0 Å². The second-order valence-corrected chi connectivity index (χ2v) is 16.4. The van der Waals surface area contributed by atoms with Crippen LogP contribution in [-0.4, -0.2) is 282 Å². The molecule has 0 saturated carbocycles. The largest absolute Gasteiger partial charge is 0.394 e. The highest BCUT2D eigenvalue weighted by Crippen LogP contribution is 2.36. The summed E-state index contributed by atoms with van der Waals surface area (Å²) in [7, 11) is 0. The van der Waals surface area contributed by atoms with Crippen LogP contribution in [0.15, 0.2) is 0 Å². The molecule has 0 spiro atoms. The van der Waals surface area contributed by atoms with Gasteiger partial charge in [0.15, 0.2) is 31.5 Å². The van der Waals surface area contributed by atoms with Crippen LogP contribution in [0.4, 0.5) is 0 Å². The Morgan fingerprint density at radius 3 is 1.35 bits per heavy atom. The Bertz CT molecular complexity index is 1430. The van der Waals surface area contributed by atoms with Gasteiger partial charge in [0.05, 0.1) is 33.0 Å². The summed E-state index contributed by atoms with van der Waals surface area (Å²) in [4.78, 5) is 12.5. The summed E-state index contributed by atoms with van der Waals surface area (Å²) in [5.41, 5.74) is 5.49. The predicted molar refractivity (Wildman–Crippen MR) is 205 cm³/mol. The standard InChI is InChI=1S/C37H66N2O26/c1-12(45)39-18-31(64-35-25(52)22(49)19(46)13(7-40)58-35)20(47)14(8-41)57-33(18)65-32-21(48)15(9-42)59-37(28(32)55)63-30-17(11-44)61-36(27(54)24(30)51)62-29-16(10-43)60-34(26(53)23(29)50)56-6-4-2-3-5-38/h13-37,40-44,46-55H,2-11,38H2,1H3,(H,39,45)/t13?,14?,15?,16?,17?,18?,19-,20-,21-,22-,23+,24+,25?,26?,27?,28?,29-,30-,31+,32-,33-,34+,35-,36-,37-/m0/s1. The number of nitrogens with two attached hydrogens (primary N) is 1. The second kappa shape index (κ2) is 24.8. The van der Waals surface area contributed by atoms with E-state index >= 15 is 0 Å². The lowest BCUT2D eigenvalue weighted by Gasteiger charge is -2.50. The first kappa shape index (κ1) is 54.4. The van der Waals surface area contributed by atoms with E-state index in [0.717, 1.165) is 19.8 Å². The maximum absolute atomic E-state index is 12.5. The van der Waals surface area contributed by atoms with Gasteiger partial charge in [0.1, 0.15) is 122 Å². The Morgan fingerprint density at radius 2 is 0.846 bits per heavy atom. The molecule has 5 aliphatic heterocycles. The van der Waals surface area contributed by atoms with Gasteiger partial charge in [0, 0.05) is 13.5 Å². The van der Waals surface area contributed by atoms with Crippen molar-refractivity contribution in [2.75, 3.05) is 46.2 Å². The van der Waals surface area contributed by atoms with Crippen LogP contribution < -0.4 is 11.1 Å². The Hall–Kier alpha value is -1.57. The number of aliphatic hydroxyl groups excluding tert-OH is 15. The van der Waals surface area contributed by atoms with Crippen LogP contribution in [-0.2, 0) is 52.2 Å². The van der Waals surface area contributed by atoms with E-state index in [1.54, 1.807) is 0 Å². The molecule has 25 atom stereocenters. The highest BCUT2D eigenvalue weighted by molar-refractivity contribution is 5.73. The van der Waals surface area contributed by atoms with Crippen molar-refractivity contribution in [1.29, 1.82) is 0 Å². The van der Waals surface area contributed by atoms with E-state index in [0.29, 0.717) is 13.0 Å². The first-order valence-corrected chi connectivity index (χ1v) is 21.3. The molecule has 0 radical (unpaired) electrons. The molecule has 10 unspecified atom stereocenters. The molecule has 18 N–H and O–H groups in total. The molecule has 5 heterocycles. The van der Waals surface area contributed by atoms with Gasteiger partial charge in [-0.15, -0.1) is 0 Å². The fourth-order valence-corrected chi connectivity index (χ4v) is 8.17. The number of unbranched alkanes of at least 4 members (excludes halogenated alkanes) is 2. The van der Waals surface area contributed by atoms with E-state index in [1.807, 2.05) is 0 Å². The molecule has 5 aliphatic rings. The highest BCUT2D eigenvalue weighted by Gasteiger charge is 2.57. The minimum atomic E-state index is -2.14. The maximum atomic E-state index is 12.5. The predicted octanol–water partition coefficient (Wildman–Crippen LogP) is -10.6. The molecule has 0 bridgehead atoms. The van der Waals surface area contributed by atoms with Crippen LogP contribution in [0, 0.1) is 0 Å². The Morgan fingerprint density at radius 1 is 0.446 bits per heavy atom. The summed E-state index contributed by atoms with van der Waals surface area (Å²) in [5.74, 6) is -0.801. The van der Waals surface area contributed by atoms with Crippen molar-refractivity contribution in [2.45, 2.75) is 180 Å². The summed E-state index contributed by atoms with van der Waals surface area (Å²) in [6.45, 7) is -2.87. The second-order valence-electron chi connectivity index (χ2n) is 16.4. The van der Waals surface area contributed by atoms with Crippen molar-refractivity contribution >= 4 is 5.91 Å². The zero-order chi connectivity index (χ0) is 47.9. The summed E-state index contributed by atoms with van der Waals surface area (Å²) >= 11 is 0. The van der Waals surface area contributed by atoms with Gasteiger partial charge in [0.2, 0.25) is 5.91 Å². The molecular weight excluding hydrogens is 888 g/mol. The topological polar surface area (TPSA) is 451 Å². The van der Waals surface area contributed by atoms with Crippen LogP contribution >= 0.6 is 0 Å². The van der Waals surface area contributed by atoms with Gasteiger partial charge in [0.25, 0.3) is 0 Å². The summed E-state index contributed by atoms with van der Waals surface area (Å²) in [5, 5.41) is 162. The molecule has 0 aromatic rings. The Kier molecular flexibility index (Phi) is 20.8. The van der Waals surface area contributed by atoms with Crippen molar-refractivity contribution in [3.05, 3.63) is 0 Å². The zero-order valence-electron chi connectivity index (χ0n) is 35.3. The number of aliphatic hydroxyl groups is 15. The third-order valence-corrected chi connectivity index (χ3v) is 11.8. The van der Waals surface area contributed by atoms with Gasteiger partial charge in [-0.25, -0.2) is 0 Å². The molecule has 0 aliphatic carbocycles. The molecule has 1 amide bonds. The van der Waals surface area contributed by atoms with Gasteiger partial charge in [-0.3, -0.25) is 4.79 Å². The summed E-state index contributed by atoms with van der Waals surface area (Å²) in [6, 6.07) is -1.67. The molecule has 65 heavy (non-hydrogen) atoms. The monoisotopic (exact) mass is 954 g/mol. The first-order chi connectivity index (χ1) is 31.0. The van der Waals surface area contributed by atoms with Crippen LogP contribution in [0.2, 0.25) is 0 Å². The quantitative estimate of drug-likeness (QED) is 0.0504. The molecular formula is C37H66N2O26. The molecule has 5 saturated heterocycles. The fraction of sp³-hybridized carbons (Fsp3) is 0.973. The lowest BCUT2D eigenvalue weighted by molar-refractivity contribution is -0.389. The van der Waals surface area contributed by atoms with Gasteiger partial charge < -0.3 is 135 Å².